The summed E-state index contributed by atoms with van der Waals surface area (Å²) in [6, 6.07) is 4.43. The number of nitrogen functional groups attached to an aromatic ring is 1. The number of nitrogens with two attached hydrogens (primary N) is 1. The van der Waals surface area contributed by atoms with Crippen LogP contribution in [0.1, 0.15) is 23.2 Å². The van der Waals surface area contributed by atoms with Crippen LogP contribution in [0.4, 0.5) is 5.69 Å². The van der Waals surface area contributed by atoms with E-state index < -0.39 is 12.0 Å². The first-order valence-corrected chi connectivity index (χ1v) is 9.07. The first-order chi connectivity index (χ1) is 13.0. The molecule has 9 nitrogen and oxygen atoms in total. The zero-order valence-corrected chi connectivity index (χ0v) is 16.0. The largest absolute Gasteiger partial charge is 0.467 e. The highest BCUT2D eigenvalue weighted by molar-refractivity contribution is 9.10. The van der Waals surface area contributed by atoms with Crippen molar-refractivity contribution in [3.05, 3.63) is 34.6 Å². The summed E-state index contributed by atoms with van der Waals surface area (Å²) in [7, 11) is 1.32. The van der Waals surface area contributed by atoms with E-state index in [1.807, 2.05) is 0 Å². The number of aromatic nitrogens is 3. The number of fused-ring (bicyclic) bond motifs is 1. The molecule has 2 N–H and O–H groups in total. The van der Waals surface area contributed by atoms with E-state index in [4.69, 9.17) is 14.9 Å². The van der Waals surface area contributed by atoms with E-state index in [0.29, 0.717) is 46.1 Å². The van der Waals surface area contributed by atoms with Gasteiger partial charge in [-0.3, -0.25) is 4.79 Å². The van der Waals surface area contributed by atoms with Crippen molar-refractivity contribution in [2.24, 2.45) is 0 Å². The smallest absolute Gasteiger partial charge is 0.328 e. The third-order valence-electron chi connectivity index (χ3n) is 4.49. The fourth-order valence-corrected chi connectivity index (χ4v) is 3.53. The van der Waals surface area contributed by atoms with Crippen LogP contribution in [0.25, 0.3) is 17.2 Å². The standard InChI is InChI=1S/C17H16BrN5O4/c1-26-17(25)11-3-2-6-22(11)16(24)9-7-10(19)15-20-14(21-23(15)8-9)12-4-5-13(18)27-12/h4-5,7-8,11H,2-3,6,19H2,1H3. The summed E-state index contributed by atoms with van der Waals surface area (Å²) in [4.78, 5) is 30.7. The second-order valence-electron chi connectivity index (χ2n) is 6.17. The summed E-state index contributed by atoms with van der Waals surface area (Å²) in [5.41, 5.74) is 7.13. The fraction of sp³-hybridized carbons (Fsp3) is 0.294. The number of hydrogen-bond donors (Lipinski definition) is 1. The van der Waals surface area contributed by atoms with E-state index in [1.54, 1.807) is 24.4 Å². The molecule has 140 valence electrons. The molecular weight excluding hydrogens is 418 g/mol. The minimum Gasteiger partial charge on any atom is -0.467 e. The van der Waals surface area contributed by atoms with Gasteiger partial charge in [0.25, 0.3) is 5.91 Å². The van der Waals surface area contributed by atoms with E-state index in [1.165, 1.54) is 16.5 Å². The molecule has 0 spiro atoms. The van der Waals surface area contributed by atoms with Crippen molar-refractivity contribution in [2.45, 2.75) is 18.9 Å². The van der Waals surface area contributed by atoms with Gasteiger partial charge in [0.1, 0.15) is 6.04 Å². The van der Waals surface area contributed by atoms with Gasteiger partial charge in [0.05, 0.1) is 18.4 Å². The Morgan fingerprint density at radius 3 is 2.93 bits per heavy atom. The first-order valence-electron chi connectivity index (χ1n) is 8.28. The Balaban J connectivity index is 1.70. The second kappa shape index (κ2) is 6.69. The zero-order chi connectivity index (χ0) is 19.1. The molecule has 1 unspecified atom stereocenters. The fourth-order valence-electron chi connectivity index (χ4n) is 3.22. The molecule has 27 heavy (non-hydrogen) atoms. The summed E-state index contributed by atoms with van der Waals surface area (Å²) in [5, 5.41) is 4.35. The SMILES string of the molecule is COC(=O)C1CCCN1C(=O)c1cc(N)c2nc(-c3ccc(Br)o3)nn2c1. The molecule has 0 radical (unpaired) electrons. The van der Waals surface area contributed by atoms with Crippen LogP contribution in [0.2, 0.25) is 0 Å². The second-order valence-corrected chi connectivity index (χ2v) is 6.95. The molecule has 3 aromatic heterocycles. The average Bonchev–Trinajstić information content (AvgIpc) is 3.38. The Bertz CT molecular complexity index is 1040. The van der Waals surface area contributed by atoms with Gasteiger partial charge in [0.15, 0.2) is 16.1 Å². The van der Waals surface area contributed by atoms with Gasteiger partial charge in [-0.1, -0.05) is 0 Å². The molecule has 1 atom stereocenters. The number of likely N-dealkylation sites (tertiary alicyclic amines) is 1. The zero-order valence-electron chi connectivity index (χ0n) is 14.4. The van der Waals surface area contributed by atoms with Crippen molar-refractivity contribution in [3.8, 4) is 11.6 Å². The number of nitrogens with zero attached hydrogens (tertiary/aromatic N) is 4. The maximum atomic E-state index is 12.9. The molecule has 4 heterocycles. The third kappa shape index (κ3) is 3.05. The van der Waals surface area contributed by atoms with Gasteiger partial charge in [-0.05, 0) is 47.0 Å². The van der Waals surface area contributed by atoms with Crippen LogP contribution in [0.5, 0.6) is 0 Å². The number of pyridine rings is 1. The van der Waals surface area contributed by atoms with Gasteiger partial charge in [0.2, 0.25) is 5.82 Å². The molecule has 0 saturated carbocycles. The lowest BCUT2D eigenvalue weighted by Gasteiger charge is -2.22. The molecule has 4 rings (SSSR count). The molecule has 1 amide bonds. The van der Waals surface area contributed by atoms with Crippen LogP contribution >= 0.6 is 15.9 Å². The van der Waals surface area contributed by atoms with Crippen molar-refractivity contribution in [1.29, 1.82) is 0 Å². The molecule has 1 aliphatic heterocycles. The summed E-state index contributed by atoms with van der Waals surface area (Å²) in [6.07, 6.45) is 2.87. The van der Waals surface area contributed by atoms with Crippen LogP contribution in [0.15, 0.2) is 33.5 Å². The van der Waals surface area contributed by atoms with Crippen molar-refractivity contribution < 1.29 is 18.7 Å². The van der Waals surface area contributed by atoms with Crippen LogP contribution in [-0.4, -0.2) is 51.1 Å². The highest BCUT2D eigenvalue weighted by atomic mass is 79.9. The number of carbonyl (C=O) groups is 2. The van der Waals surface area contributed by atoms with Gasteiger partial charge >= 0.3 is 5.97 Å². The molecule has 3 aromatic rings. The number of esters is 1. The topological polar surface area (TPSA) is 116 Å². The molecule has 1 saturated heterocycles. The molecule has 10 heteroatoms. The average molecular weight is 434 g/mol. The van der Waals surface area contributed by atoms with E-state index in [9.17, 15) is 9.59 Å². The third-order valence-corrected chi connectivity index (χ3v) is 4.92. The van der Waals surface area contributed by atoms with Crippen molar-refractivity contribution in [2.75, 3.05) is 19.4 Å². The van der Waals surface area contributed by atoms with Gasteiger partial charge in [-0.25, -0.2) is 14.3 Å². The Hall–Kier alpha value is -2.88. The highest BCUT2D eigenvalue weighted by Crippen LogP contribution is 2.26. The van der Waals surface area contributed by atoms with Gasteiger partial charge in [0, 0.05) is 12.7 Å². The summed E-state index contributed by atoms with van der Waals surface area (Å²) in [6.45, 7) is 0.486. The lowest BCUT2D eigenvalue weighted by Crippen LogP contribution is -2.41. The van der Waals surface area contributed by atoms with Crippen LogP contribution in [0, 0.1) is 0 Å². The number of rotatable bonds is 3. The maximum absolute atomic E-state index is 12.9. The van der Waals surface area contributed by atoms with Gasteiger partial charge in [-0.15, -0.1) is 5.10 Å². The maximum Gasteiger partial charge on any atom is 0.328 e. The van der Waals surface area contributed by atoms with Crippen molar-refractivity contribution in [1.82, 2.24) is 19.5 Å². The van der Waals surface area contributed by atoms with Gasteiger partial charge in [-0.2, -0.15) is 0 Å². The Morgan fingerprint density at radius 1 is 1.41 bits per heavy atom. The number of hydrogen-bond acceptors (Lipinski definition) is 7. The number of ether oxygens (including phenoxy) is 1. The first kappa shape index (κ1) is 17.5. The molecule has 1 aliphatic rings. The molecule has 0 aromatic carbocycles. The molecule has 0 aliphatic carbocycles. The lowest BCUT2D eigenvalue weighted by atomic mass is 10.2. The Labute approximate surface area is 162 Å². The number of furan rings is 1. The number of carbonyl (C=O) groups excluding carboxylic acids is 2. The lowest BCUT2D eigenvalue weighted by molar-refractivity contribution is -0.145. The Morgan fingerprint density at radius 2 is 2.22 bits per heavy atom. The predicted molar refractivity (Wildman–Crippen MR) is 98.9 cm³/mol. The monoisotopic (exact) mass is 433 g/mol. The normalized spacial score (nSPS) is 16.8. The number of amides is 1. The number of anilines is 1. The number of methoxy groups -OCH3 is 1. The van der Waals surface area contributed by atoms with E-state index in [2.05, 4.69) is 26.0 Å². The molecule has 0 bridgehead atoms. The summed E-state index contributed by atoms with van der Waals surface area (Å²) in [5.74, 6) is 0.115. The predicted octanol–water partition coefficient (Wildman–Crippen LogP) is 2.11. The van der Waals surface area contributed by atoms with Crippen molar-refractivity contribution >= 4 is 39.1 Å². The van der Waals surface area contributed by atoms with Crippen LogP contribution in [-0.2, 0) is 9.53 Å². The number of halogens is 1. The highest BCUT2D eigenvalue weighted by Gasteiger charge is 2.35. The quantitative estimate of drug-likeness (QED) is 0.628. The van der Waals surface area contributed by atoms with E-state index in [-0.39, 0.29) is 5.91 Å². The summed E-state index contributed by atoms with van der Waals surface area (Å²) >= 11 is 3.24. The van der Waals surface area contributed by atoms with Crippen molar-refractivity contribution in [3.63, 3.8) is 0 Å². The van der Waals surface area contributed by atoms with E-state index >= 15 is 0 Å². The van der Waals surface area contributed by atoms with Crippen LogP contribution < -0.4 is 5.73 Å². The summed E-state index contributed by atoms with van der Waals surface area (Å²) < 4.78 is 12.3. The molecular formula is C17H16BrN5O4. The van der Waals surface area contributed by atoms with Crippen LogP contribution in [0.3, 0.4) is 0 Å². The molecule has 1 fully saturated rings. The van der Waals surface area contributed by atoms with Gasteiger partial charge < -0.3 is 19.8 Å². The minimum atomic E-state index is -0.578. The minimum absolute atomic E-state index is 0.297. The van der Waals surface area contributed by atoms with E-state index in [0.717, 1.165) is 6.42 Å². The Kier molecular flexibility index (Phi) is 4.34.